The van der Waals surface area contributed by atoms with Crippen LogP contribution in [-0.4, -0.2) is 13.2 Å². The van der Waals surface area contributed by atoms with E-state index in [0.717, 1.165) is 23.7 Å². The Morgan fingerprint density at radius 1 is 1.50 bits per heavy atom. The highest BCUT2D eigenvalue weighted by Gasteiger charge is 2.31. The fourth-order valence-electron chi connectivity index (χ4n) is 1.76. The van der Waals surface area contributed by atoms with Crippen LogP contribution in [0.2, 0.25) is 5.02 Å². The molecule has 0 aliphatic carbocycles. The average Bonchev–Trinajstić information content (AvgIpc) is 2.23. The molecule has 90 valence electrons. The van der Waals surface area contributed by atoms with Crippen molar-refractivity contribution in [3.63, 3.8) is 0 Å². The summed E-state index contributed by atoms with van der Waals surface area (Å²) < 4.78 is 5.85. The number of halogens is 2. The minimum Gasteiger partial charge on any atom is -0.356 e. The van der Waals surface area contributed by atoms with E-state index in [1.54, 1.807) is 0 Å². The summed E-state index contributed by atoms with van der Waals surface area (Å²) in [5.41, 5.74) is 0.694. The van der Waals surface area contributed by atoms with E-state index < -0.39 is 5.72 Å². The van der Waals surface area contributed by atoms with Crippen molar-refractivity contribution in [3.05, 3.63) is 34.9 Å². The molecule has 2 unspecified atom stereocenters. The van der Waals surface area contributed by atoms with Gasteiger partial charge in [0.15, 0.2) is 0 Å². The van der Waals surface area contributed by atoms with Gasteiger partial charge >= 0.3 is 0 Å². The van der Waals surface area contributed by atoms with Gasteiger partial charge in [-0.05, 0) is 30.5 Å². The van der Waals surface area contributed by atoms with Crippen molar-refractivity contribution in [1.82, 2.24) is 5.32 Å². The Labute approximate surface area is 108 Å². The van der Waals surface area contributed by atoms with Gasteiger partial charge in [-0.1, -0.05) is 30.7 Å². The van der Waals surface area contributed by atoms with E-state index in [2.05, 4.69) is 12.2 Å². The van der Waals surface area contributed by atoms with E-state index >= 15 is 0 Å². The van der Waals surface area contributed by atoms with Crippen molar-refractivity contribution < 1.29 is 4.74 Å². The molecule has 1 heterocycles. The largest absolute Gasteiger partial charge is 0.356 e. The van der Waals surface area contributed by atoms with Crippen molar-refractivity contribution >= 4 is 24.0 Å². The smallest absolute Gasteiger partial charge is 0.142 e. The minimum atomic E-state index is -0.391. The van der Waals surface area contributed by atoms with Gasteiger partial charge in [-0.15, -0.1) is 12.4 Å². The Morgan fingerprint density at radius 2 is 2.25 bits per heavy atom. The summed E-state index contributed by atoms with van der Waals surface area (Å²) >= 11 is 5.97. The molecule has 1 aromatic rings. The molecule has 0 aromatic heterocycles. The van der Waals surface area contributed by atoms with Crippen LogP contribution in [0.3, 0.4) is 0 Å². The molecule has 0 bridgehead atoms. The number of hydrogen-bond donors (Lipinski definition) is 1. The van der Waals surface area contributed by atoms with Crippen molar-refractivity contribution in [2.24, 2.45) is 5.92 Å². The molecule has 1 aliphatic heterocycles. The van der Waals surface area contributed by atoms with E-state index in [4.69, 9.17) is 16.3 Å². The van der Waals surface area contributed by atoms with Crippen LogP contribution in [0.25, 0.3) is 0 Å². The number of benzene rings is 1. The fourth-order valence-corrected chi connectivity index (χ4v) is 1.95. The molecule has 0 spiro atoms. The van der Waals surface area contributed by atoms with E-state index in [9.17, 15) is 0 Å². The van der Waals surface area contributed by atoms with Gasteiger partial charge in [0.25, 0.3) is 0 Å². The monoisotopic (exact) mass is 261 g/mol. The lowest BCUT2D eigenvalue weighted by Gasteiger charge is -2.38. The summed E-state index contributed by atoms with van der Waals surface area (Å²) in [6.07, 6.45) is 0. The summed E-state index contributed by atoms with van der Waals surface area (Å²) in [6.45, 7) is 5.98. The zero-order valence-electron chi connectivity index (χ0n) is 9.50. The SMILES string of the molecule is CC1CNC(C)(c2cccc(Cl)c2)OC1.Cl. The molecule has 0 amide bonds. The van der Waals surface area contributed by atoms with E-state index in [1.807, 2.05) is 31.2 Å². The second-order valence-electron chi connectivity index (χ2n) is 4.34. The maximum atomic E-state index is 5.97. The Balaban J connectivity index is 0.00000128. The summed E-state index contributed by atoms with van der Waals surface area (Å²) in [4.78, 5) is 0. The molecule has 2 nitrogen and oxygen atoms in total. The Hall–Kier alpha value is -0.280. The lowest BCUT2D eigenvalue weighted by Crippen LogP contribution is -2.49. The highest BCUT2D eigenvalue weighted by Crippen LogP contribution is 2.28. The lowest BCUT2D eigenvalue weighted by molar-refractivity contribution is -0.106. The number of ether oxygens (including phenoxy) is 1. The molecule has 16 heavy (non-hydrogen) atoms. The van der Waals surface area contributed by atoms with Crippen molar-refractivity contribution in [3.8, 4) is 0 Å². The molecule has 0 saturated carbocycles. The molecule has 2 rings (SSSR count). The fraction of sp³-hybridized carbons (Fsp3) is 0.500. The van der Waals surface area contributed by atoms with Crippen LogP contribution in [-0.2, 0) is 10.5 Å². The van der Waals surface area contributed by atoms with Crippen molar-refractivity contribution in [1.29, 1.82) is 0 Å². The van der Waals surface area contributed by atoms with Crippen LogP contribution in [0, 0.1) is 5.92 Å². The van der Waals surface area contributed by atoms with Gasteiger partial charge in [-0.25, -0.2) is 0 Å². The van der Waals surface area contributed by atoms with Gasteiger partial charge in [0.2, 0.25) is 0 Å². The van der Waals surface area contributed by atoms with Gasteiger partial charge in [0.05, 0.1) is 6.61 Å². The molecule has 0 radical (unpaired) electrons. The topological polar surface area (TPSA) is 21.3 Å². The first-order valence-corrected chi connectivity index (χ1v) is 5.63. The standard InChI is InChI=1S/C12H16ClNO.ClH/c1-9-7-14-12(2,15-8-9)10-4-3-5-11(13)6-10;/h3-6,9,14H,7-8H2,1-2H3;1H. The van der Waals surface area contributed by atoms with E-state index in [0.29, 0.717) is 5.92 Å². The van der Waals surface area contributed by atoms with Gasteiger partial charge < -0.3 is 4.74 Å². The summed E-state index contributed by atoms with van der Waals surface area (Å²) in [6, 6.07) is 7.81. The van der Waals surface area contributed by atoms with Gasteiger partial charge in [0.1, 0.15) is 5.72 Å². The minimum absolute atomic E-state index is 0. The van der Waals surface area contributed by atoms with E-state index in [1.165, 1.54) is 0 Å². The number of hydrogen-bond acceptors (Lipinski definition) is 2. The predicted molar refractivity (Wildman–Crippen MR) is 69.2 cm³/mol. The highest BCUT2D eigenvalue weighted by atomic mass is 35.5. The normalized spacial score (nSPS) is 29.6. The third kappa shape index (κ3) is 2.89. The van der Waals surface area contributed by atoms with Crippen LogP contribution >= 0.6 is 24.0 Å². The first-order valence-electron chi connectivity index (χ1n) is 5.25. The molecule has 1 saturated heterocycles. The first-order chi connectivity index (χ1) is 7.10. The van der Waals surface area contributed by atoms with Crippen molar-refractivity contribution in [2.45, 2.75) is 19.6 Å². The highest BCUT2D eigenvalue weighted by molar-refractivity contribution is 6.30. The molecule has 1 N–H and O–H groups in total. The van der Waals surface area contributed by atoms with E-state index in [-0.39, 0.29) is 12.4 Å². The lowest BCUT2D eigenvalue weighted by atomic mass is 10.0. The van der Waals surface area contributed by atoms with Crippen LogP contribution in [0.1, 0.15) is 19.4 Å². The number of rotatable bonds is 1. The second-order valence-corrected chi connectivity index (χ2v) is 4.78. The number of nitrogens with one attached hydrogen (secondary N) is 1. The molecule has 1 fully saturated rings. The molecule has 1 aliphatic rings. The third-order valence-electron chi connectivity index (χ3n) is 2.82. The molecule has 4 heteroatoms. The molecular formula is C12H17Cl2NO. The maximum Gasteiger partial charge on any atom is 0.142 e. The van der Waals surface area contributed by atoms with Crippen LogP contribution in [0.5, 0.6) is 0 Å². The average molecular weight is 262 g/mol. The second kappa shape index (κ2) is 5.37. The Morgan fingerprint density at radius 3 is 2.81 bits per heavy atom. The van der Waals surface area contributed by atoms with Crippen LogP contribution < -0.4 is 5.32 Å². The predicted octanol–water partition coefficient (Wildman–Crippen LogP) is 3.19. The third-order valence-corrected chi connectivity index (χ3v) is 3.05. The molecule has 2 atom stereocenters. The summed E-state index contributed by atoms with van der Waals surface area (Å²) in [5.74, 6) is 0.567. The first kappa shape index (κ1) is 13.8. The van der Waals surface area contributed by atoms with Crippen LogP contribution in [0.4, 0.5) is 0 Å². The van der Waals surface area contributed by atoms with Gasteiger partial charge in [-0.3, -0.25) is 5.32 Å². The zero-order chi connectivity index (χ0) is 10.9. The van der Waals surface area contributed by atoms with Crippen LogP contribution in [0.15, 0.2) is 24.3 Å². The quantitative estimate of drug-likeness (QED) is 0.839. The van der Waals surface area contributed by atoms with Crippen molar-refractivity contribution in [2.75, 3.05) is 13.2 Å². The molecule has 1 aromatic carbocycles. The summed E-state index contributed by atoms with van der Waals surface area (Å²) in [7, 11) is 0. The zero-order valence-corrected chi connectivity index (χ0v) is 11.1. The maximum absolute atomic E-state index is 5.97. The Kier molecular flexibility index (Phi) is 4.62. The Bertz CT molecular complexity index is 349. The summed E-state index contributed by atoms with van der Waals surface area (Å²) in [5, 5.41) is 4.16. The van der Waals surface area contributed by atoms with Gasteiger partial charge in [-0.2, -0.15) is 0 Å². The molecular weight excluding hydrogens is 245 g/mol. The van der Waals surface area contributed by atoms with Gasteiger partial charge in [0, 0.05) is 11.6 Å².